The molecule has 3 aliphatic rings. The number of fused-ring (bicyclic) bond motifs is 4. The van der Waals surface area contributed by atoms with Crippen molar-refractivity contribution in [3.8, 4) is 5.75 Å². The first-order chi connectivity index (χ1) is 65.1. The monoisotopic (exact) mass is 1950 g/mol. The van der Waals surface area contributed by atoms with Gasteiger partial charge >= 0.3 is 0 Å². The van der Waals surface area contributed by atoms with E-state index in [0.717, 1.165) is 38.2 Å². The molecule has 0 radical (unpaired) electrons. The number of primary amides is 2. The van der Waals surface area contributed by atoms with Gasteiger partial charge in [-0.05, 0) is 110 Å². The van der Waals surface area contributed by atoms with E-state index in [9.17, 15) is 53.4 Å². The molecule has 3 saturated heterocycles. The van der Waals surface area contributed by atoms with Gasteiger partial charge in [0.15, 0.2) is 5.96 Å². The van der Waals surface area contributed by atoms with Gasteiger partial charge in [-0.15, -0.1) is 23.1 Å². The summed E-state index contributed by atoms with van der Waals surface area (Å²) in [7, 11) is 3.82. The van der Waals surface area contributed by atoms with Crippen LogP contribution in [0.4, 0.5) is 8.78 Å². The number of aliphatic hydroxyl groups is 1. The number of aromatic nitrogens is 3. The first kappa shape index (κ1) is 107. The van der Waals surface area contributed by atoms with Crippen LogP contribution < -0.4 is 75.7 Å². The molecule has 46 heteroatoms. The van der Waals surface area contributed by atoms with E-state index in [4.69, 9.17) is 22.6 Å². The average Bonchev–Trinajstić information content (AvgIpc) is 1.63. The first-order valence-corrected chi connectivity index (χ1v) is 47.5. The molecule has 3 fully saturated rings. The number of nitrogens with zero attached hydrogens (tertiary/aromatic N) is 6. The fourth-order valence-corrected chi connectivity index (χ4v) is 18.5. The van der Waals surface area contributed by atoms with Crippen LogP contribution in [-0.2, 0) is 107 Å². The number of phenolic OH excluding ortho intramolecular Hbond substituents is 1. The van der Waals surface area contributed by atoms with Crippen molar-refractivity contribution in [2.75, 3.05) is 65.4 Å². The maximum Gasteiger partial charge on any atom is 0.267 e. The van der Waals surface area contributed by atoms with E-state index < -0.39 is 247 Å². The molecule has 14 atom stereocenters. The molecule has 42 nitrogen and oxygen atoms in total. The molecule has 137 heavy (non-hydrogen) atoms. The second-order valence-corrected chi connectivity index (χ2v) is 37.0. The van der Waals surface area contributed by atoms with E-state index in [2.05, 4.69) is 73.4 Å². The Kier molecular flexibility index (Phi) is 39.5. The lowest BCUT2D eigenvalue weighted by atomic mass is 10.00. The average molecular weight is 1950 g/mol. The first-order valence-electron chi connectivity index (χ1n) is 45.5. The normalized spacial score (nSPS) is 24.4. The number of para-hydroxylation sites is 1. The number of phenols is 1. The molecule has 3 aromatic carbocycles. The topological polar surface area (TPSA) is 626 Å². The quantitative estimate of drug-likeness (QED) is 0.0177. The van der Waals surface area contributed by atoms with Crippen molar-refractivity contribution < 1.29 is 101 Å². The highest BCUT2D eigenvalue weighted by molar-refractivity contribution is 8.00. The van der Waals surface area contributed by atoms with Gasteiger partial charge in [-0.3, -0.25) is 86.9 Å². The second-order valence-electron chi connectivity index (χ2n) is 35.0. The number of amides is 17. The molecule has 6 heterocycles. The number of aliphatic hydroxyl groups excluding tert-OH is 1. The maximum absolute atomic E-state index is 16.1. The lowest BCUT2D eigenvalue weighted by Gasteiger charge is -2.36. The number of nitrogens with one attached hydrogen (secondary N) is 14. The number of H-pyrrole nitrogens is 2. The number of aromatic amines is 2. The van der Waals surface area contributed by atoms with Crippen LogP contribution in [0.15, 0.2) is 96.9 Å². The highest BCUT2D eigenvalue weighted by Gasteiger charge is 2.53. The number of unbranched alkanes of at least 4 members (excludes halogenated alkanes) is 2. The summed E-state index contributed by atoms with van der Waals surface area (Å²) in [5, 5.41) is 60.9. The fraction of sp³-hybridized carbons (Fsp3) is 0.527. The van der Waals surface area contributed by atoms with Gasteiger partial charge < -0.3 is 120 Å². The number of carbonyl (C=O) groups is 17. The molecule has 6 aromatic rings. The number of alkyl halides is 2. The minimum absolute atomic E-state index is 0.00201. The predicted molar refractivity (Wildman–Crippen MR) is 502 cm³/mol. The van der Waals surface area contributed by atoms with E-state index in [1.54, 1.807) is 55.8 Å². The number of aromatic hydroxyl groups is 1. The summed E-state index contributed by atoms with van der Waals surface area (Å²) in [4.78, 5) is 265. The summed E-state index contributed by atoms with van der Waals surface area (Å²) in [6.45, 7) is 4.85. The molecule has 0 aliphatic carbocycles. The molecule has 3 aromatic heterocycles. The zero-order chi connectivity index (χ0) is 100. The number of imidazole rings is 1. The van der Waals surface area contributed by atoms with Gasteiger partial charge in [0, 0.05) is 106 Å². The van der Waals surface area contributed by atoms with Crippen molar-refractivity contribution in [1.29, 1.82) is 5.41 Å². The van der Waals surface area contributed by atoms with Crippen molar-refractivity contribution in [3.05, 3.63) is 119 Å². The third-order valence-corrected chi connectivity index (χ3v) is 26.2. The number of hydrogen-bond donors (Lipinski definition) is 19. The van der Waals surface area contributed by atoms with Gasteiger partial charge in [-0.25, -0.2) is 13.8 Å². The third kappa shape index (κ3) is 30.0. The number of thioether (sulfide) groups is 1. The number of thiophene rings is 1. The smallest absolute Gasteiger partial charge is 0.267 e. The largest absolute Gasteiger partial charge is 0.508 e. The van der Waals surface area contributed by atoms with E-state index in [1.165, 1.54) is 74.0 Å². The Hall–Kier alpha value is -13.4. The number of nitrogens with two attached hydrogens (primary N) is 3. The van der Waals surface area contributed by atoms with Crippen LogP contribution in [0.2, 0.25) is 0 Å². The number of carbonyl (C=O) groups excluding carboxylic acids is 17. The molecule has 0 unspecified atom stereocenters. The molecule has 0 bridgehead atoms. The van der Waals surface area contributed by atoms with Gasteiger partial charge in [0.25, 0.3) is 5.92 Å². The van der Waals surface area contributed by atoms with Crippen LogP contribution in [-0.4, -0.2) is 312 Å². The van der Waals surface area contributed by atoms with Crippen LogP contribution in [0.5, 0.6) is 5.75 Å². The second kappa shape index (κ2) is 50.4. The van der Waals surface area contributed by atoms with Crippen molar-refractivity contribution in [2.45, 2.75) is 234 Å². The van der Waals surface area contributed by atoms with Crippen LogP contribution in [0.1, 0.15) is 140 Å². The Bertz CT molecular complexity index is 5320. The lowest BCUT2D eigenvalue weighted by molar-refractivity contribution is -0.149. The number of guanidine groups is 1. The number of rotatable bonds is 26. The van der Waals surface area contributed by atoms with Crippen LogP contribution in [0.3, 0.4) is 0 Å². The molecule has 17 amide bonds. The Morgan fingerprint density at radius 2 is 1.16 bits per heavy atom. The summed E-state index contributed by atoms with van der Waals surface area (Å²) < 4.78 is 33.0. The SMILES string of the molecule is CCCC[C@H]1C(=O)N(C)[C@@H](CCCC)C(=O)N[C@@H](CCCNC(=N)N)C(=O)N[C@H](C(=O)NCC(N)=O)CSCC(=O)N[C@@H](Cc2ccc(O)cc2)C(=O)N(C)[C@@H](C)C(=O)N[C@@H](CC(N)=O)C(=O)N2CC(F)(F)C[C@H]2C(=O)N[C@@H](Cc2cnc[nH]2)C(=O)N[C@@H](CC(C)C)C(=O)N2CCC[C@H]2C(=O)N[C@@H](Cc2c[nH]c3ccccc23)C(=O)N[C@@H](CO)C(=O)N[C@@H](Cc2csc3ccccc23)C(=O)N1C. The summed E-state index contributed by atoms with van der Waals surface area (Å²) in [6, 6.07) is -3.58. The highest BCUT2D eigenvalue weighted by atomic mass is 32.2. The number of hydrogen-bond acceptors (Lipinski definition) is 23. The molecular weight excluding hydrogens is 1820 g/mol. The predicted octanol–water partition coefficient (Wildman–Crippen LogP) is -0.921. The van der Waals surface area contributed by atoms with Gasteiger partial charge in [0.05, 0.1) is 38.2 Å². The number of benzene rings is 3. The summed E-state index contributed by atoms with van der Waals surface area (Å²) >= 11 is 2.06. The summed E-state index contributed by atoms with van der Waals surface area (Å²) in [5.41, 5.74) is 18.9. The Morgan fingerprint density at radius 1 is 0.584 bits per heavy atom. The molecule has 9 rings (SSSR count). The van der Waals surface area contributed by atoms with Gasteiger partial charge in [-0.1, -0.05) is 102 Å². The Labute approximate surface area is 798 Å². The number of likely N-dealkylation sites (N-methyl/N-ethyl adjacent to an activating group) is 3. The van der Waals surface area contributed by atoms with Crippen molar-refractivity contribution >= 4 is 150 Å². The van der Waals surface area contributed by atoms with Gasteiger partial charge in [-0.2, -0.15) is 0 Å². The van der Waals surface area contributed by atoms with E-state index in [0.29, 0.717) is 63.6 Å². The third-order valence-electron chi connectivity index (χ3n) is 24.2. The van der Waals surface area contributed by atoms with E-state index in [-0.39, 0.29) is 94.7 Å². The maximum atomic E-state index is 16.1. The number of halogens is 2. The molecule has 22 N–H and O–H groups in total. The van der Waals surface area contributed by atoms with Crippen molar-refractivity contribution in [2.24, 2.45) is 23.1 Å². The Morgan fingerprint density at radius 3 is 1.81 bits per heavy atom. The minimum atomic E-state index is -3.85. The van der Waals surface area contributed by atoms with Gasteiger partial charge in [0.2, 0.25) is 100 Å². The summed E-state index contributed by atoms with van der Waals surface area (Å²) in [6.07, 6.45) is 1.84. The molecule has 3 aliphatic heterocycles. The molecule has 0 spiro atoms. The van der Waals surface area contributed by atoms with E-state index in [1.807, 2.05) is 32.0 Å². The Balaban J connectivity index is 1.11. The van der Waals surface area contributed by atoms with Gasteiger partial charge in [0.1, 0.15) is 90.3 Å². The van der Waals surface area contributed by atoms with Crippen molar-refractivity contribution in [3.63, 3.8) is 0 Å². The minimum Gasteiger partial charge on any atom is -0.508 e. The zero-order valence-electron chi connectivity index (χ0n) is 77.7. The molecule has 744 valence electrons. The highest BCUT2D eigenvalue weighted by Crippen LogP contribution is 2.35. The van der Waals surface area contributed by atoms with Crippen LogP contribution in [0.25, 0.3) is 21.0 Å². The summed E-state index contributed by atoms with van der Waals surface area (Å²) in [5.74, 6) is -23.5. The molecule has 0 saturated carbocycles. The fourth-order valence-electron chi connectivity index (χ4n) is 16.7. The van der Waals surface area contributed by atoms with E-state index >= 15 is 47.1 Å². The van der Waals surface area contributed by atoms with Crippen LogP contribution >= 0.6 is 23.1 Å². The zero-order valence-corrected chi connectivity index (χ0v) is 79.3. The van der Waals surface area contributed by atoms with Crippen molar-refractivity contribution in [1.82, 2.24) is 97.9 Å². The standard InChI is InChI=1S/C91H125F2N23O19S2/c1-9-11-23-68-82(128)104-59(22-17-31-99-90(96)97)78(124)111-67(77(123)101-42-74(95)120)45-136-46-75(121)103-63(34-51-27-29-55(118)30-28-51)85(131)112(6)50(5)76(122)107-65(38-73(94)119)88(134)116-47-91(92,93)39-71(116)84(130)106-61(37-54-41-98-48-102-54)80(126)108-62(33-49(3)4)87(133)115-32-18-25-69(115)83(129)105-60(35-52-40-100-58-21-15-13-19-56(52)58)79(125)110-66(43-117)81(127)109-64(36-53-44-137-72-26-16-14-20-57(53)72)86(132)114(8)70(24-12-10-2)89(135)113(68)7/h13-16,19-21,26-30,40-41,44,48-50,59-71,100,117-118H,9-12,17-18,22-25,31-39,42-43,45-47H2,1-8H3,(H2,94,119)(H2,95,120)(H,98,102)(H,101,123)(H,103,121)(H,104,128)(H,105,129)(H,106,130)(H,107,122)(H,108,126)(H,109,127)(H,110,125)(H,111,124)(H4,96,97,99)/t50-,59-,60-,61-,62-,63-,64-,65-,66-,67-,68-,69-,70-,71-/m0/s1. The lowest BCUT2D eigenvalue weighted by Crippen LogP contribution is -2.62. The molecular formula is C91H125F2N23O19S2. The van der Waals surface area contributed by atoms with Crippen LogP contribution in [0, 0.1) is 11.3 Å².